The van der Waals surface area contributed by atoms with Gasteiger partial charge in [-0.05, 0) is 116 Å². The van der Waals surface area contributed by atoms with E-state index in [1.807, 2.05) is 0 Å². The molecule has 0 aromatic rings. The Kier molecular flexibility index (Phi) is 69.8. The minimum atomic E-state index is -0.785. The van der Waals surface area contributed by atoms with Crippen LogP contribution in [0.25, 0.3) is 0 Å². The maximum Gasteiger partial charge on any atom is 0.306 e. The van der Waals surface area contributed by atoms with Crippen molar-refractivity contribution in [3.8, 4) is 0 Å². The maximum absolute atomic E-state index is 12.4. The molecule has 0 heterocycles. The highest BCUT2D eigenvalue weighted by molar-refractivity contribution is 5.70. The molecule has 0 bridgehead atoms. The monoisotopic (exact) mass is 1160 g/mol. The molecule has 0 amide bonds. The number of unbranched alkanes of at least 4 members (excludes halogenated alkanes) is 35. The van der Waals surface area contributed by atoms with Crippen LogP contribution in [-0.2, 0) is 19.1 Å². The van der Waals surface area contributed by atoms with E-state index >= 15 is 0 Å². The minimum absolute atomic E-state index is 0.0728. The summed E-state index contributed by atoms with van der Waals surface area (Å²) < 4.78 is 10.8. The topological polar surface area (TPSA) is 72.8 Å². The van der Waals surface area contributed by atoms with Gasteiger partial charge in [0.15, 0.2) is 6.10 Å². The summed E-state index contributed by atoms with van der Waals surface area (Å²) in [7, 11) is 0. The van der Waals surface area contributed by atoms with E-state index in [1.54, 1.807) is 0 Å². The molecule has 84 heavy (non-hydrogen) atoms. The number of hydrogen-bond acceptors (Lipinski definition) is 5. The number of esters is 2. The van der Waals surface area contributed by atoms with E-state index in [1.165, 1.54) is 199 Å². The third-order valence-electron chi connectivity index (χ3n) is 15.4. The summed E-state index contributed by atoms with van der Waals surface area (Å²) in [6, 6.07) is 0. The molecule has 0 aliphatic rings. The van der Waals surface area contributed by atoms with Crippen LogP contribution >= 0.6 is 0 Å². The van der Waals surface area contributed by atoms with E-state index in [0.717, 1.165) is 109 Å². The Morgan fingerprint density at radius 2 is 0.512 bits per heavy atom. The van der Waals surface area contributed by atoms with Crippen LogP contribution in [0, 0.1) is 0 Å². The smallest absolute Gasteiger partial charge is 0.306 e. The second kappa shape index (κ2) is 73.3. The predicted octanol–water partition coefficient (Wildman–Crippen LogP) is 25.1. The maximum atomic E-state index is 12.4. The first-order chi connectivity index (χ1) is 41.6. The standard InChI is InChI=1S/C79H134O5/c1-3-5-7-9-11-13-15-17-19-21-23-25-27-29-31-33-35-36-37-38-39-40-41-42-44-46-48-50-52-54-56-58-60-62-64-66-68-70-72-74-79(82)84-77(75-80)76-83-78(81)73-71-69-67-65-63-61-59-57-55-53-51-49-47-45-43-34-32-30-28-26-24-22-20-18-16-14-12-10-8-6-4-2/h5,7,11,13,17,19,22-25,29,31,35-36,38-39,41-42,46,48,52,54,77,80H,3-4,6,8-10,12,14-16,18,20-21,26-28,30,32-34,37,40,43-45,47,49-51,53,55-76H2,1-2H3/b7-5-,13-11-,19-17-,24-22-,25-23-,31-29-,36-35-,39-38-,42-41-,48-46-,54-52-. The Balaban J connectivity index is 3.53. The van der Waals surface area contributed by atoms with Crippen LogP contribution in [-0.4, -0.2) is 36.4 Å². The molecule has 0 spiro atoms. The molecule has 0 saturated carbocycles. The highest BCUT2D eigenvalue weighted by atomic mass is 16.6. The molecule has 1 N–H and O–H groups in total. The van der Waals surface area contributed by atoms with Crippen LogP contribution in [0.3, 0.4) is 0 Å². The molecule has 5 heteroatoms. The number of carbonyl (C=O) groups excluding carboxylic acids is 2. The van der Waals surface area contributed by atoms with Crippen molar-refractivity contribution in [3.05, 3.63) is 134 Å². The van der Waals surface area contributed by atoms with Gasteiger partial charge in [0.05, 0.1) is 6.61 Å². The van der Waals surface area contributed by atoms with E-state index in [2.05, 4.69) is 148 Å². The molecular formula is C79H134O5. The van der Waals surface area contributed by atoms with Crippen LogP contribution in [0.5, 0.6) is 0 Å². The van der Waals surface area contributed by atoms with Gasteiger partial charge in [-0.25, -0.2) is 0 Å². The van der Waals surface area contributed by atoms with Gasteiger partial charge in [-0.1, -0.05) is 340 Å². The highest BCUT2D eigenvalue weighted by Crippen LogP contribution is 2.17. The van der Waals surface area contributed by atoms with Crippen molar-refractivity contribution in [2.24, 2.45) is 0 Å². The summed E-state index contributed by atoms with van der Waals surface area (Å²) in [5, 5.41) is 9.71. The molecule has 5 nitrogen and oxygen atoms in total. The fourth-order valence-electron chi connectivity index (χ4n) is 10.1. The summed E-state index contributed by atoms with van der Waals surface area (Å²) in [5.41, 5.74) is 0. The van der Waals surface area contributed by atoms with Gasteiger partial charge in [0.1, 0.15) is 6.61 Å². The van der Waals surface area contributed by atoms with Crippen molar-refractivity contribution < 1.29 is 24.2 Å². The Morgan fingerprint density at radius 3 is 0.786 bits per heavy atom. The third kappa shape index (κ3) is 70.5. The third-order valence-corrected chi connectivity index (χ3v) is 15.4. The van der Waals surface area contributed by atoms with Gasteiger partial charge < -0.3 is 14.6 Å². The van der Waals surface area contributed by atoms with E-state index in [9.17, 15) is 14.7 Å². The summed E-state index contributed by atoms with van der Waals surface area (Å²) >= 11 is 0. The SMILES string of the molecule is CC/C=C\C/C=C\C/C=C\C/C=C\C/C=C\C/C=C\C/C=C\C/C=C\C/C=C\C/C=C\CCCCCCCCCCC(=O)OC(CO)COC(=O)CCCCCCCCCCCCCCCCCCCCC/C=C\CCCCCCCCCC. The lowest BCUT2D eigenvalue weighted by Crippen LogP contribution is -2.28. The van der Waals surface area contributed by atoms with Crippen molar-refractivity contribution >= 4 is 11.9 Å². The zero-order chi connectivity index (χ0) is 60.5. The van der Waals surface area contributed by atoms with Gasteiger partial charge >= 0.3 is 11.9 Å². The van der Waals surface area contributed by atoms with Gasteiger partial charge in [0.25, 0.3) is 0 Å². The van der Waals surface area contributed by atoms with Crippen molar-refractivity contribution in [2.75, 3.05) is 13.2 Å². The van der Waals surface area contributed by atoms with E-state index in [-0.39, 0.29) is 25.2 Å². The second-order valence-corrected chi connectivity index (χ2v) is 23.6. The molecular weight excluding hydrogens is 1030 g/mol. The first kappa shape index (κ1) is 80.0. The van der Waals surface area contributed by atoms with Crippen molar-refractivity contribution in [1.82, 2.24) is 0 Å². The van der Waals surface area contributed by atoms with E-state index in [4.69, 9.17) is 9.47 Å². The molecule has 1 atom stereocenters. The molecule has 0 saturated heterocycles. The quantitative estimate of drug-likeness (QED) is 0.0373. The Bertz CT molecular complexity index is 1700. The largest absolute Gasteiger partial charge is 0.462 e. The Hall–Kier alpha value is -3.96. The first-order valence-electron chi connectivity index (χ1n) is 35.7. The number of hydrogen-bond donors (Lipinski definition) is 1. The molecule has 0 radical (unpaired) electrons. The Labute approximate surface area is 521 Å². The first-order valence-corrected chi connectivity index (χ1v) is 35.7. The van der Waals surface area contributed by atoms with Crippen molar-refractivity contribution in [1.29, 1.82) is 0 Å². The number of ether oxygens (including phenoxy) is 2. The number of allylic oxidation sites excluding steroid dienone is 22. The average molecular weight is 1160 g/mol. The van der Waals surface area contributed by atoms with Crippen LogP contribution in [0.2, 0.25) is 0 Å². The lowest BCUT2D eigenvalue weighted by atomic mass is 10.0. The Morgan fingerprint density at radius 1 is 0.286 bits per heavy atom. The van der Waals surface area contributed by atoms with Gasteiger partial charge in [-0.15, -0.1) is 0 Å². The fraction of sp³-hybridized carbons (Fsp3) is 0.696. The molecule has 0 fully saturated rings. The summed E-state index contributed by atoms with van der Waals surface area (Å²) in [6.07, 6.45) is 109. The zero-order valence-electron chi connectivity index (χ0n) is 55.1. The molecule has 0 rings (SSSR count). The number of carbonyl (C=O) groups is 2. The van der Waals surface area contributed by atoms with Gasteiger partial charge in [0.2, 0.25) is 0 Å². The zero-order valence-corrected chi connectivity index (χ0v) is 55.1. The van der Waals surface area contributed by atoms with Gasteiger partial charge in [-0.3, -0.25) is 9.59 Å². The van der Waals surface area contributed by atoms with Crippen LogP contribution in [0.1, 0.15) is 335 Å². The molecule has 0 aliphatic heterocycles. The number of rotatable bonds is 65. The average Bonchev–Trinajstić information content (AvgIpc) is 3.51. The summed E-state index contributed by atoms with van der Waals surface area (Å²) in [6.45, 7) is 4.05. The second-order valence-electron chi connectivity index (χ2n) is 23.6. The fourth-order valence-corrected chi connectivity index (χ4v) is 10.1. The predicted molar refractivity (Wildman–Crippen MR) is 371 cm³/mol. The van der Waals surface area contributed by atoms with E-state index < -0.39 is 6.10 Å². The van der Waals surface area contributed by atoms with Crippen LogP contribution in [0.4, 0.5) is 0 Å². The van der Waals surface area contributed by atoms with Crippen LogP contribution < -0.4 is 0 Å². The highest BCUT2D eigenvalue weighted by Gasteiger charge is 2.16. The number of aliphatic hydroxyl groups is 1. The summed E-state index contributed by atoms with van der Waals surface area (Å²) in [4.78, 5) is 24.7. The van der Waals surface area contributed by atoms with Gasteiger partial charge in [0, 0.05) is 12.8 Å². The van der Waals surface area contributed by atoms with Crippen LogP contribution in [0.15, 0.2) is 134 Å². The minimum Gasteiger partial charge on any atom is -0.462 e. The molecule has 0 aromatic heterocycles. The molecule has 0 aliphatic carbocycles. The lowest BCUT2D eigenvalue weighted by Gasteiger charge is -2.15. The molecule has 0 aromatic carbocycles. The van der Waals surface area contributed by atoms with Crippen molar-refractivity contribution in [2.45, 2.75) is 341 Å². The number of aliphatic hydroxyl groups excluding tert-OH is 1. The van der Waals surface area contributed by atoms with E-state index in [0.29, 0.717) is 12.8 Å². The van der Waals surface area contributed by atoms with Crippen molar-refractivity contribution in [3.63, 3.8) is 0 Å². The summed E-state index contributed by atoms with van der Waals surface area (Å²) in [5.74, 6) is -0.594. The lowest BCUT2D eigenvalue weighted by molar-refractivity contribution is -0.161. The van der Waals surface area contributed by atoms with Gasteiger partial charge in [-0.2, -0.15) is 0 Å². The molecule has 1 unspecified atom stereocenters. The molecule has 480 valence electrons. The normalized spacial score (nSPS) is 13.0.